The zero-order valence-corrected chi connectivity index (χ0v) is 15.5. The SMILES string of the molecule is CC(=O)c1ccc(NC(=O)c2cncc(Nc3cc(C)ccc3C)c2)cc1. The number of anilines is 3. The first-order valence-electron chi connectivity index (χ1n) is 8.64. The number of pyridine rings is 1. The van der Waals surface area contributed by atoms with Gasteiger partial charge in [-0.05, 0) is 68.3 Å². The molecule has 0 aliphatic heterocycles. The largest absolute Gasteiger partial charge is 0.354 e. The van der Waals surface area contributed by atoms with Crippen LogP contribution in [0.15, 0.2) is 60.9 Å². The molecular formula is C22H21N3O2. The molecule has 0 atom stereocenters. The minimum absolute atomic E-state index is 0.0118. The maximum absolute atomic E-state index is 12.5. The highest BCUT2D eigenvalue weighted by molar-refractivity contribution is 6.05. The van der Waals surface area contributed by atoms with Gasteiger partial charge in [-0.25, -0.2) is 0 Å². The average molecular weight is 359 g/mol. The summed E-state index contributed by atoms with van der Waals surface area (Å²) in [6.45, 7) is 5.56. The summed E-state index contributed by atoms with van der Waals surface area (Å²) >= 11 is 0. The van der Waals surface area contributed by atoms with E-state index in [4.69, 9.17) is 0 Å². The summed E-state index contributed by atoms with van der Waals surface area (Å²) in [6, 6.07) is 14.7. The minimum Gasteiger partial charge on any atom is -0.354 e. The van der Waals surface area contributed by atoms with Crippen molar-refractivity contribution in [1.29, 1.82) is 0 Å². The lowest BCUT2D eigenvalue weighted by atomic mass is 10.1. The lowest BCUT2D eigenvalue weighted by Crippen LogP contribution is -2.12. The number of carbonyl (C=O) groups is 2. The van der Waals surface area contributed by atoms with Crippen molar-refractivity contribution in [2.24, 2.45) is 0 Å². The minimum atomic E-state index is -0.261. The number of aryl methyl sites for hydroxylation is 2. The monoisotopic (exact) mass is 359 g/mol. The van der Waals surface area contributed by atoms with Crippen molar-refractivity contribution < 1.29 is 9.59 Å². The van der Waals surface area contributed by atoms with Crippen LogP contribution in [0.2, 0.25) is 0 Å². The Morgan fingerprint density at radius 3 is 2.30 bits per heavy atom. The first-order chi connectivity index (χ1) is 12.9. The maximum Gasteiger partial charge on any atom is 0.257 e. The smallest absolute Gasteiger partial charge is 0.257 e. The molecule has 27 heavy (non-hydrogen) atoms. The molecule has 1 aromatic heterocycles. The van der Waals surface area contributed by atoms with Crippen molar-refractivity contribution in [1.82, 2.24) is 4.98 Å². The molecule has 3 aromatic rings. The maximum atomic E-state index is 12.5. The summed E-state index contributed by atoms with van der Waals surface area (Å²) in [6.07, 6.45) is 3.20. The number of hydrogen-bond donors (Lipinski definition) is 2. The van der Waals surface area contributed by atoms with E-state index in [0.29, 0.717) is 16.8 Å². The number of rotatable bonds is 5. The lowest BCUT2D eigenvalue weighted by Gasteiger charge is -2.11. The van der Waals surface area contributed by atoms with Crippen molar-refractivity contribution in [3.63, 3.8) is 0 Å². The Kier molecular flexibility index (Phi) is 5.31. The second kappa shape index (κ2) is 7.83. The number of hydrogen-bond acceptors (Lipinski definition) is 4. The van der Waals surface area contributed by atoms with Gasteiger partial charge in [0.25, 0.3) is 5.91 Å². The standard InChI is InChI=1S/C22H21N3O2/c1-14-4-5-15(2)21(10-14)24-20-11-18(12-23-13-20)22(27)25-19-8-6-17(7-9-19)16(3)26/h4-13,24H,1-3H3,(H,25,27). The molecule has 0 radical (unpaired) electrons. The number of nitrogens with zero attached hydrogens (tertiary/aromatic N) is 1. The molecule has 1 heterocycles. The molecule has 0 fully saturated rings. The quantitative estimate of drug-likeness (QED) is 0.636. The fourth-order valence-electron chi connectivity index (χ4n) is 2.65. The second-order valence-corrected chi connectivity index (χ2v) is 6.49. The van der Waals surface area contributed by atoms with E-state index >= 15 is 0 Å². The van der Waals surface area contributed by atoms with Crippen molar-refractivity contribution >= 4 is 28.8 Å². The fourth-order valence-corrected chi connectivity index (χ4v) is 2.65. The van der Waals surface area contributed by atoms with E-state index in [1.807, 2.05) is 19.9 Å². The van der Waals surface area contributed by atoms with Gasteiger partial charge >= 0.3 is 0 Å². The van der Waals surface area contributed by atoms with E-state index < -0.39 is 0 Å². The summed E-state index contributed by atoms with van der Waals surface area (Å²) < 4.78 is 0. The number of ketones is 1. The first kappa shape index (κ1) is 18.3. The molecule has 5 nitrogen and oxygen atoms in total. The average Bonchev–Trinajstić information content (AvgIpc) is 2.65. The second-order valence-electron chi connectivity index (χ2n) is 6.49. The van der Waals surface area contributed by atoms with Crippen LogP contribution < -0.4 is 10.6 Å². The molecule has 136 valence electrons. The number of amides is 1. The van der Waals surface area contributed by atoms with E-state index in [2.05, 4.69) is 27.8 Å². The van der Waals surface area contributed by atoms with Crippen LogP contribution in [0.1, 0.15) is 38.8 Å². The van der Waals surface area contributed by atoms with Crippen molar-refractivity contribution in [3.05, 3.63) is 83.2 Å². The van der Waals surface area contributed by atoms with Gasteiger partial charge < -0.3 is 10.6 Å². The molecule has 0 saturated heterocycles. The van der Waals surface area contributed by atoms with Gasteiger partial charge in [0.15, 0.2) is 5.78 Å². The molecule has 3 rings (SSSR count). The number of aromatic nitrogens is 1. The van der Waals surface area contributed by atoms with Gasteiger partial charge in [0.05, 0.1) is 17.4 Å². The molecule has 1 amide bonds. The van der Waals surface area contributed by atoms with E-state index in [9.17, 15) is 9.59 Å². The van der Waals surface area contributed by atoms with E-state index in [0.717, 1.165) is 22.5 Å². The molecule has 2 N–H and O–H groups in total. The topological polar surface area (TPSA) is 71.1 Å². The Morgan fingerprint density at radius 2 is 1.59 bits per heavy atom. The van der Waals surface area contributed by atoms with Gasteiger partial charge in [-0.2, -0.15) is 0 Å². The highest BCUT2D eigenvalue weighted by atomic mass is 16.1. The third-order valence-corrected chi connectivity index (χ3v) is 4.22. The predicted molar refractivity (Wildman–Crippen MR) is 108 cm³/mol. The normalized spacial score (nSPS) is 10.3. The van der Waals surface area contributed by atoms with E-state index in [1.54, 1.807) is 36.5 Å². The van der Waals surface area contributed by atoms with Crippen LogP contribution in [0, 0.1) is 13.8 Å². The van der Waals surface area contributed by atoms with Crippen molar-refractivity contribution in [2.75, 3.05) is 10.6 Å². The molecule has 0 aliphatic carbocycles. The van der Waals surface area contributed by atoms with Gasteiger partial charge in [0.2, 0.25) is 0 Å². The molecule has 0 saturated carbocycles. The van der Waals surface area contributed by atoms with Crippen LogP contribution in [-0.4, -0.2) is 16.7 Å². The van der Waals surface area contributed by atoms with Gasteiger partial charge in [-0.15, -0.1) is 0 Å². The van der Waals surface area contributed by atoms with Crippen LogP contribution >= 0.6 is 0 Å². The van der Waals surface area contributed by atoms with E-state index in [1.165, 1.54) is 13.1 Å². The van der Waals surface area contributed by atoms with Gasteiger partial charge in [-0.3, -0.25) is 14.6 Å². The Morgan fingerprint density at radius 1 is 0.852 bits per heavy atom. The molecule has 0 bridgehead atoms. The number of carbonyl (C=O) groups excluding carboxylic acids is 2. The summed E-state index contributed by atoms with van der Waals surface area (Å²) in [7, 11) is 0. The molecule has 0 aliphatic rings. The zero-order valence-electron chi connectivity index (χ0n) is 15.5. The highest BCUT2D eigenvalue weighted by Gasteiger charge is 2.09. The summed E-state index contributed by atoms with van der Waals surface area (Å²) in [4.78, 5) is 28.0. The zero-order chi connectivity index (χ0) is 19.4. The van der Waals surface area contributed by atoms with Gasteiger partial charge in [0, 0.05) is 23.1 Å². The Bertz CT molecular complexity index is 995. The van der Waals surface area contributed by atoms with Crippen LogP contribution in [0.5, 0.6) is 0 Å². The summed E-state index contributed by atoms with van der Waals surface area (Å²) in [5, 5.41) is 6.13. The van der Waals surface area contributed by atoms with Gasteiger partial charge in [0.1, 0.15) is 0 Å². The molecule has 5 heteroatoms. The first-order valence-corrected chi connectivity index (χ1v) is 8.64. The Hall–Kier alpha value is -3.47. The number of benzene rings is 2. The summed E-state index contributed by atoms with van der Waals surface area (Å²) in [5.41, 5.74) is 5.66. The van der Waals surface area contributed by atoms with Crippen LogP contribution in [0.4, 0.5) is 17.1 Å². The van der Waals surface area contributed by atoms with Gasteiger partial charge in [-0.1, -0.05) is 12.1 Å². The Balaban J connectivity index is 1.75. The fraction of sp³-hybridized carbons (Fsp3) is 0.136. The third kappa shape index (κ3) is 4.58. The Labute approximate surface area is 158 Å². The van der Waals surface area contributed by atoms with Crippen molar-refractivity contribution in [2.45, 2.75) is 20.8 Å². The van der Waals surface area contributed by atoms with Crippen molar-refractivity contribution in [3.8, 4) is 0 Å². The van der Waals surface area contributed by atoms with E-state index in [-0.39, 0.29) is 11.7 Å². The lowest BCUT2D eigenvalue weighted by molar-refractivity contribution is 0.101. The van der Waals surface area contributed by atoms with Crippen LogP contribution in [0.25, 0.3) is 0 Å². The van der Waals surface area contributed by atoms with Crippen LogP contribution in [0.3, 0.4) is 0 Å². The predicted octanol–water partition coefficient (Wildman–Crippen LogP) is 4.90. The number of nitrogens with one attached hydrogen (secondary N) is 2. The number of Topliss-reactive ketones (excluding diaryl/α,β-unsaturated/α-hetero) is 1. The molecular weight excluding hydrogens is 338 g/mol. The molecule has 2 aromatic carbocycles. The summed E-state index contributed by atoms with van der Waals surface area (Å²) in [5.74, 6) is -0.273. The highest BCUT2D eigenvalue weighted by Crippen LogP contribution is 2.22. The molecule has 0 unspecified atom stereocenters. The van der Waals surface area contributed by atoms with Crippen LogP contribution in [-0.2, 0) is 0 Å². The molecule has 0 spiro atoms. The third-order valence-electron chi connectivity index (χ3n) is 4.22.